The summed E-state index contributed by atoms with van der Waals surface area (Å²) in [6.45, 7) is 2.25. The zero-order valence-corrected chi connectivity index (χ0v) is 13.6. The number of hydrogen-bond acceptors (Lipinski definition) is 4. The SMILES string of the molecule is COc1ccc(OC)c(CNC(=O)COc2ccccc2C)c1. The van der Waals surface area contributed by atoms with E-state index in [9.17, 15) is 4.79 Å². The zero-order chi connectivity index (χ0) is 16.7. The molecule has 0 saturated heterocycles. The Balaban J connectivity index is 1.90. The quantitative estimate of drug-likeness (QED) is 0.853. The zero-order valence-electron chi connectivity index (χ0n) is 13.6. The first-order valence-corrected chi connectivity index (χ1v) is 7.30. The van der Waals surface area contributed by atoms with Gasteiger partial charge in [-0.15, -0.1) is 0 Å². The molecule has 0 saturated carbocycles. The molecule has 0 aliphatic carbocycles. The topological polar surface area (TPSA) is 56.8 Å². The number of rotatable bonds is 7. The van der Waals surface area contributed by atoms with E-state index >= 15 is 0 Å². The second kappa shape index (κ2) is 8.08. The molecule has 23 heavy (non-hydrogen) atoms. The van der Waals surface area contributed by atoms with Crippen molar-refractivity contribution in [2.75, 3.05) is 20.8 Å². The summed E-state index contributed by atoms with van der Waals surface area (Å²) in [6, 6.07) is 13.0. The van der Waals surface area contributed by atoms with Gasteiger partial charge in [0, 0.05) is 12.1 Å². The van der Waals surface area contributed by atoms with Crippen molar-refractivity contribution in [1.82, 2.24) is 5.32 Å². The monoisotopic (exact) mass is 315 g/mol. The molecule has 0 heterocycles. The van der Waals surface area contributed by atoms with E-state index in [2.05, 4.69) is 5.32 Å². The van der Waals surface area contributed by atoms with E-state index in [0.29, 0.717) is 23.8 Å². The van der Waals surface area contributed by atoms with Gasteiger partial charge in [0.05, 0.1) is 14.2 Å². The van der Waals surface area contributed by atoms with Crippen LogP contribution in [0.15, 0.2) is 42.5 Å². The minimum Gasteiger partial charge on any atom is -0.497 e. The van der Waals surface area contributed by atoms with Gasteiger partial charge < -0.3 is 19.5 Å². The Bertz CT molecular complexity index is 670. The van der Waals surface area contributed by atoms with E-state index in [-0.39, 0.29) is 12.5 Å². The first kappa shape index (κ1) is 16.7. The van der Waals surface area contributed by atoms with Crippen LogP contribution in [0.2, 0.25) is 0 Å². The van der Waals surface area contributed by atoms with E-state index in [1.807, 2.05) is 49.4 Å². The summed E-state index contributed by atoms with van der Waals surface area (Å²) in [5.74, 6) is 1.93. The Labute approximate surface area is 136 Å². The number of aryl methyl sites for hydroxylation is 1. The van der Waals surface area contributed by atoms with Gasteiger partial charge in [-0.1, -0.05) is 18.2 Å². The maximum atomic E-state index is 11.9. The number of para-hydroxylation sites is 1. The Hall–Kier alpha value is -2.69. The fraction of sp³-hybridized carbons (Fsp3) is 0.278. The fourth-order valence-corrected chi connectivity index (χ4v) is 2.13. The van der Waals surface area contributed by atoms with Crippen LogP contribution in [0.1, 0.15) is 11.1 Å². The van der Waals surface area contributed by atoms with Crippen LogP contribution < -0.4 is 19.5 Å². The molecule has 0 aliphatic heterocycles. The summed E-state index contributed by atoms with van der Waals surface area (Å²) in [6.07, 6.45) is 0. The third kappa shape index (κ3) is 4.64. The number of nitrogens with one attached hydrogen (secondary N) is 1. The van der Waals surface area contributed by atoms with Crippen LogP contribution >= 0.6 is 0 Å². The van der Waals surface area contributed by atoms with E-state index in [4.69, 9.17) is 14.2 Å². The lowest BCUT2D eigenvalue weighted by Gasteiger charge is -2.12. The van der Waals surface area contributed by atoms with Crippen molar-refractivity contribution in [2.24, 2.45) is 0 Å². The predicted molar refractivity (Wildman–Crippen MR) is 88.1 cm³/mol. The minimum atomic E-state index is -0.196. The number of methoxy groups -OCH3 is 2. The molecule has 5 nitrogen and oxygen atoms in total. The van der Waals surface area contributed by atoms with Crippen molar-refractivity contribution in [1.29, 1.82) is 0 Å². The largest absolute Gasteiger partial charge is 0.497 e. The van der Waals surface area contributed by atoms with Crippen molar-refractivity contribution in [3.63, 3.8) is 0 Å². The third-order valence-corrected chi connectivity index (χ3v) is 3.42. The van der Waals surface area contributed by atoms with E-state index in [1.54, 1.807) is 14.2 Å². The number of hydrogen-bond donors (Lipinski definition) is 1. The van der Waals surface area contributed by atoms with E-state index < -0.39 is 0 Å². The Morgan fingerprint density at radius 2 is 1.83 bits per heavy atom. The number of benzene rings is 2. The smallest absolute Gasteiger partial charge is 0.258 e. The minimum absolute atomic E-state index is 0.0306. The normalized spacial score (nSPS) is 10.0. The van der Waals surface area contributed by atoms with Crippen LogP contribution in [-0.4, -0.2) is 26.7 Å². The molecule has 0 aromatic heterocycles. The number of ether oxygens (including phenoxy) is 3. The average molecular weight is 315 g/mol. The Kier molecular flexibility index (Phi) is 5.86. The van der Waals surface area contributed by atoms with Gasteiger partial charge in [-0.05, 0) is 36.8 Å². The summed E-state index contributed by atoms with van der Waals surface area (Å²) in [4.78, 5) is 11.9. The number of carbonyl (C=O) groups is 1. The standard InChI is InChI=1S/C18H21NO4/c1-13-6-4-5-7-16(13)23-12-18(20)19-11-14-10-15(21-2)8-9-17(14)22-3/h4-10H,11-12H2,1-3H3,(H,19,20). The third-order valence-electron chi connectivity index (χ3n) is 3.42. The summed E-state index contributed by atoms with van der Waals surface area (Å²) in [5, 5.41) is 2.82. The Morgan fingerprint density at radius 1 is 1.04 bits per heavy atom. The highest BCUT2D eigenvalue weighted by molar-refractivity contribution is 5.77. The van der Waals surface area contributed by atoms with Crippen LogP contribution in [0, 0.1) is 6.92 Å². The molecule has 2 rings (SSSR count). The molecule has 0 aliphatic rings. The molecule has 2 aromatic carbocycles. The lowest BCUT2D eigenvalue weighted by atomic mass is 10.2. The van der Waals surface area contributed by atoms with Gasteiger partial charge in [0.15, 0.2) is 6.61 Å². The number of carbonyl (C=O) groups excluding carboxylic acids is 1. The van der Waals surface area contributed by atoms with Crippen LogP contribution in [0.5, 0.6) is 17.2 Å². The average Bonchev–Trinajstić information content (AvgIpc) is 2.58. The molecule has 2 aromatic rings. The lowest BCUT2D eigenvalue weighted by Crippen LogP contribution is -2.28. The molecule has 0 unspecified atom stereocenters. The summed E-state index contributed by atoms with van der Waals surface area (Å²) in [5.41, 5.74) is 1.84. The maximum absolute atomic E-state index is 11.9. The van der Waals surface area contributed by atoms with Crippen molar-refractivity contribution in [3.8, 4) is 17.2 Å². The predicted octanol–water partition coefficient (Wildman–Crippen LogP) is 2.71. The van der Waals surface area contributed by atoms with Crippen LogP contribution in [0.3, 0.4) is 0 Å². The van der Waals surface area contributed by atoms with Gasteiger partial charge in [-0.3, -0.25) is 4.79 Å². The molecule has 0 bridgehead atoms. The van der Waals surface area contributed by atoms with Crippen molar-refractivity contribution < 1.29 is 19.0 Å². The second-order valence-electron chi connectivity index (χ2n) is 5.01. The molecule has 0 spiro atoms. The van der Waals surface area contributed by atoms with Gasteiger partial charge in [0.1, 0.15) is 17.2 Å². The van der Waals surface area contributed by atoms with Gasteiger partial charge in [-0.25, -0.2) is 0 Å². The first-order chi connectivity index (χ1) is 11.1. The molecular weight excluding hydrogens is 294 g/mol. The number of amides is 1. The van der Waals surface area contributed by atoms with Gasteiger partial charge in [-0.2, -0.15) is 0 Å². The molecule has 1 amide bonds. The van der Waals surface area contributed by atoms with Crippen LogP contribution in [0.25, 0.3) is 0 Å². The van der Waals surface area contributed by atoms with Crippen molar-refractivity contribution in [3.05, 3.63) is 53.6 Å². The second-order valence-corrected chi connectivity index (χ2v) is 5.01. The summed E-state index contributed by atoms with van der Waals surface area (Å²) in [7, 11) is 3.19. The first-order valence-electron chi connectivity index (χ1n) is 7.30. The van der Waals surface area contributed by atoms with Gasteiger partial charge >= 0.3 is 0 Å². The van der Waals surface area contributed by atoms with Crippen LogP contribution in [-0.2, 0) is 11.3 Å². The van der Waals surface area contributed by atoms with Gasteiger partial charge in [0.25, 0.3) is 5.91 Å². The molecule has 5 heteroatoms. The summed E-state index contributed by atoms with van der Waals surface area (Å²) >= 11 is 0. The van der Waals surface area contributed by atoms with E-state index in [0.717, 1.165) is 11.1 Å². The summed E-state index contributed by atoms with van der Waals surface area (Å²) < 4.78 is 16.0. The molecule has 1 N–H and O–H groups in total. The van der Waals surface area contributed by atoms with Crippen molar-refractivity contribution in [2.45, 2.75) is 13.5 Å². The molecule has 0 fully saturated rings. The molecule has 0 radical (unpaired) electrons. The Morgan fingerprint density at radius 3 is 2.52 bits per heavy atom. The molecular formula is C18H21NO4. The van der Waals surface area contributed by atoms with Crippen LogP contribution in [0.4, 0.5) is 0 Å². The van der Waals surface area contributed by atoms with E-state index in [1.165, 1.54) is 0 Å². The highest BCUT2D eigenvalue weighted by Gasteiger charge is 2.08. The molecule has 122 valence electrons. The highest BCUT2D eigenvalue weighted by Crippen LogP contribution is 2.23. The lowest BCUT2D eigenvalue weighted by molar-refractivity contribution is -0.123. The van der Waals surface area contributed by atoms with Crippen molar-refractivity contribution >= 4 is 5.91 Å². The molecule has 0 atom stereocenters. The fourth-order valence-electron chi connectivity index (χ4n) is 2.13. The highest BCUT2D eigenvalue weighted by atomic mass is 16.5. The van der Waals surface area contributed by atoms with Gasteiger partial charge in [0.2, 0.25) is 0 Å². The maximum Gasteiger partial charge on any atom is 0.258 e.